The van der Waals surface area contributed by atoms with Crippen LogP contribution in [0.4, 0.5) is 0 Å². The van der Waals surface area contributed by atoms with Crippen LogP contribution in [0, 0.1) is 0 Å². The lowest BCUT2D eigenvalue weighted by molar-refractivity contribution is 0.265. The van der Waals surface area contributed by atoms with E-state index in [1.165, 1.54) is 97.6 Å². The van der Waals surface area contributed by atoms with Crippen molar-refractivity contribution in [1.82, 2.24) is 9.80 Å². The molecule has 0 atom stereocenters. The molecule has 2 aliphatic carbocycles. The minimum absolute atomic E-state index is 0.0231. The van der Waals surface area contributed by atoms with Crippen LogP contribution in [0.1, 0.15) is 127 Å². The number of nitrogens with zero attached hydrogens (tertiary/aromatic N) is 2. The summed E-state index contributed by atoms with van der Waals surface area (Å²) < 4.78 is 0. The summed E-state index contributed by atoms with van der Waals surface area (Å²) in [5, 5.41) is 0. The van der Waals surface area contributed by atoms with Crippen LogP contribution in [-0.2, 0) is 10.8 Å². The van der Waals surface area contributed by atoms with Gasteiger partial charge >= 0.3 is 0 Å². The molecule has 4 aromatic rings. The maximum atomic E-state index is 4.03. The van der Waals surface area contributed by atoms with Gasteiger partial charge in [-0.25, -0.2) is 0 Å². The van der Waals surface area contributed by atoms with Crippen LogP contribution in [0.25, 0.3) is 33.4 Å². The van der Waals surface area contributed by atoms with Gasteiger partial charge in [-0.1, -0.05) is 125 Å². The van der Waals surface area contributed by atoms with Crippen molar-refractivity contribution in [3.05, 3.63) is 132 Å². The Hall–Kier alpha value is -3.72. The summed E-state index contributed by atoms with van der Waals surface area (Å²) in [5.74, 6) is 0. The van der Waals surface area contributed by atoms with E-state index in [-0.39, 0.29) is 10.8 Å². The normalized spacial score (nSPS) is 14.6. The second-order valence-corrected chi connectivity index (χ2v) is 16.1. The van der Waals surface area contributed by atoms with E-state index in [0.717, 1.165) is 52.1 Å². The molecule has 4 aromatic carbocycles. The Kier molecular flexibility index (Phi) is 13.9. The van der Waals surface area contributed by atoms with Crippen LogP contribution < -0.4 is 0 Å². The van der Waals surface area contributed by atoms with E-state index >= 15 is 0 Å². The van der Waals surface area contributed by atoms with Gasteiger partial charge in [0.1, 0.15) is 0 Å². The smallest absolute Gasteiger partial charge is 0.0216 e. The SMILES string of the molecule is C=CCCCCC1(CCCCC=C)c2ccccc2-c2ccc(-c3ccc4c(c3)C(CCCN(CC)CC)(CCCN(CC)CC)c3ccccc3-4)cc21. The van der Waals surface area contributed by atoms with E-state index in [0.29, 0.717) is 0 Å². The second kappa shape index (κ2) is 18.7. The van der Waals surface area contributed by atoms with Crippen LogP contribution >= 0.6 is 0 Å². The standard InChI is InChI=1S/C52H68N2/c1-7-13-15-21-33-51(34-22-16-14-8-2)47-27-19-17-25-43(47)45-31-29-41(39-49(45)51)42-30-32-46-44-26-18-20-28-48(44)52(50(46)40-42,35-23-37-53(9-3)10-4)36-24-38-54(11-5)12-6/h7-8,17-20,25-32,39-40H,1-2,9-16,21-24,33-38H2,3-6H3. The Bertz CT molecular complexity index is 1810. The van der Waals surface area contributed by atoms with Gasteiger partial charge in [0, 0.05) is 10.8 Å². The molecule has 0 spiro atoms. The largest absolute Gasteiger partial charge is 0.304 e. The first-order valence-electron chi connectivity index (χ1n) is 21.7. The molecule has 0 aliphatic heterocycles. The minimum Gasteiger partial charge on any atom is -0.304 e. The van der Waals surface area contributed by atoms with E-state index in [1.54, 1.807) is 22.3 Å². The molecule has 0 bridgehead atoms. The van der Waals surface area contributed by atoms with Gasteiger partial charge < -0.3 is 9.80 Å². The van der Waals surface area contributed by atoms with Crippen LogP contribution in [0.5, 0.6) is 0 Å². The number of unbranched alkanes of at least 4 members (excludes halogenated alkanes) is 4. The zero-order valence-electron chi connectivity index (χ0n) is 34.3. The maximum absolute atomic E-state index is 4.03. The van der Waals surface area contributed by atoms with Crippen LogP contribution in [0.3, 0.4) is 0 Å². The van der Waals surface area contributed by atoms with Crippen LogP contribution in [-0.4, -0.2) is 49.1 Å². The van der Waals surface area contributed by atoms with E-state index in [9.17, 15) is 0 Å². The van der Waals surface area contributed by atoms with Crippen LogP contribution in [0.2, 0.25) is 0 Å². The molecule has 286 valence electrons. The fourth-order valence-electron chi connectivity index (χ4n) is 10.3. The zero-order valence-corrected chi connectivity index (χ0v) is 34.3. The summed E-state index contributed by atoms with van der Waals surface area (Å²) in [6.45, 7) is 24.1. The highest BCUT2D eigenvalue weighted by Gasteiger charge is 2.44. The lowest BCUT2D eigenvalue weighted by Gasteiger charge is -2.34. The lowest BCUT2D eigenvalue weighted by Crippen LogP contribution is -2.31. The molecule has 0 aromatic heterocycles. The minimum atomic E-state index is 0.0231. The second-order valence-electron chi connectivity index (χ2n) is 16.1. The van der Waals surface area contributed by atoms with Gasteiger partial charge in [0.25, 0.3) is 0 Å². The molecule has 6 rings (SSSR count). The van der Waals surface area contributed by atoms with E-state index in [2.05, 4.69) is 148 Å². The van der Waals surface area contributed by atoms with Gasteiger partial charge in [0.2, 0.25) is 0 Å². The molecule has 54 heavy (non-hydrogen) atoms. The predicted molar refractivity (Wildman–Crippen MR) is 236 cm³/mol. The highest BCUT2D eigenvalue weighted by atomic mass is 15.1. The van der Waals surface area contributed by atoms with Gasteiger partial charge in [-0.2, -0.15) is 0 Å². The quantitative estimate of drug-likeness (QED) is 0.0556. The molecule has 2 heteroatoms. The average Bonchev–Trinajstić information content (AvgIpc) is 3.65. The van der Waals surface area contributed by atoms with Crippen molar-refractivity contribution in [2.24, 2.45) is 0 Å². The summed E-state index contributed by atoms with van der Waals surface area (Å²) in [6.07, 6.45) is 18.3. The number of hydrogen-bond acceptors (Lipinski definition) is 2. The number of fused-ring (bicyclic) bond motifs is 6. The molecular weight excluding hydrogens is 653 g/mol. The third-order valence-corrected chi connectivity index (χ3v) is 13.3. The average molecular weight is 721 g/mol. The van der Waals surface area contributed by atoms with Crippen molar-refractivity contribution in [2.75, 3.05) is 39.3 Å². The number of hydrogen-bond donors (Lipinski definition) is 0. The van der Waals surface area contributed by atoms with Crippen molar-refractivity contribution in [2.45, 2.75) is 116 Å². The summed E-state index contributed by atoms with van der Waals surface area (Å²) in [4.78, 5) is 5.21. The molecule has 0 N–H and O–H groups in total. The molecule has 2 nitrogen and oxygen atoms in total. The molecule has 0 heterocycles. The van der Waals surface area contributed by atoms with Crippen molar-refractivity contribution in [1.29, 1.82) is 0 Å². The molecule has 0 unspecified atom stereocenters. The summed E-state index contributed by atoms with van der Waals surface area (Å²) in [5.41, 5.74) is 14.8. The van der Waals surface area contributed by atoms with E-state index in [1.807, 2.05) is 0 Å². The first-order chi connectivity index (χ1) is 26.5. The fourth-order valence-corrected chi connectivity index (χ4v) is 10.3. The molecule has 2 aliphatic rings. The molecule has 0 amide bonds. The Morgan fingerprint density at radius 2 is 0.815 bits per heavy atom. The van der Waals surface area contributed by atoms with Crippen molar-refractivity contribution >= 4 is 0 Å². The van der Waals surface area contributed by atoms with Gasteiger partial charge in [-0.15, -0.1) is 13.2 Å². The first kappa shape index (κ1) is 40.0. The number of allylic oxidation sites excluding steroid dienone is 2. The summed E-state index contributed by atoms with van der Waals surface area (Å²) in [7, 11) is 0. The fraction of sp³-hybridized carbons (Fsp3) is 0.462. The Morgan fingerprint density at radius 3 is 1.20 bits per heavy atom. The van der Waals surface area contributed by atoms with E-state index in [4.69, 9.17) is 0 Å². The number of rotatable bonds is 23. The molecule has 0 saturated heterocycles. The topological polar surface area (TPSA) is 6.48 Å². The Labute approximate surface area is 329 Å². The highest BCUT2D eigenvalue weighted by Crippen LogP contribution is 2.57. The molecule has 0 fully saturated rings. The lowest BCUT2D eigenvalue weighted by atomic mass is 9.70. The summed E-state index contributed by atoms with van der Waals surface area (Å²) >= 11 is 0. The highest BCUT2D eigenvalue weighted by molar-refractivity contribution is 5.87. The monoisotopic (exact) mass is 721 g/mol. The van der Waals surface area contributed by atoms with Gasteiger partial charge in [-0.05, 0) is 171 Å². The Balaban J connectivity index is 1.44. The van der Waals surface area contributed by atoms with Crippen molar-refractivity contribution < 1.29 is 0 Å². The van der Waals surface area contributed by atoms with Crippen molar-refractivity contribution in [3.8, 4) is 33.4 Å². The predicted octanol–water partition coefficient (Wildman–Crippen LogP) is 13.6. The van der Waals surface area contributed by atoms with E-state index < -0.39 is 0 Å². The number of benzene rings is 4. The van der Waals surface area contributed by atoms with Gasteiger partial charge in [0.05, 0.1) is 0 Å². The third-order valence-electron chi connectivity index (χ3n) is 13.3. The zero-order chi connectivity index (χ0) is 38.0. The third kappa shape index (κ3) is 7.98. The van der Waals surface area contributed by atoms with Crippen molar-refractivity contribution in [3.63, 3.8) is 0 Å². The molecule has 0 saturated carbocycles. The Morgan fingerprint density at radius 1 is 0.444 bits per heavy atom. The molecular formula is C52H68N2. The van der Waals surface area contributed by atoms with Crippen LogP contribution in [0.15, 0.2) is 110 Å². The van der Waals surface area contributed by atoms with Gasteiger partial charge in [0.15, 0.2) is 0 Å². The summed E-state index contributed by atoms with van der Waals surface area (Å²) in [6, 6.07) is 33.7. The first-order valence-corrected chi connectivity index (χ1v) is 21.7. The van der Waals surface area contributed by atoms with Gasteiger partial charge in [-0.3, -0.25) is 0 Å². The molecule has 0 radical (unpaired) electrons. The maximum Gasteiger partial charge on any atom is 0.0216 e.